The number of carboxylic acids is 1. The van der Waals surface area contributed by atoms with Crippen LogP contribution < -0.4 is 5.73 Å². The zero-order valence-electron chi connectivity index (χ0n) is 6.85. The lowest BCUT2D eigenvalue weighted by molar-refractivity contribution is -0.136. The van der Waals surface area contributed by atoms with Gasteiger partial charge >= 0.3 is 5.97 Å². The summed E-state index contributed by atoms with van der Waals surface area (Å²) in [6, 6.07) is 1.90. The summed E-state index contributed by atoms with van der Waals surface area (Å²) < 4.78 is 2.76. The number of aliphatic carboxylic acids is 1. The van der Waals surface area contributed by atoms with Crippen molar-refractivity contribution in [3.8, 4) is 0 Å². The highest BCUT2D eigenvalue weighted by Gasteiger charge is 2.14. The number of hydrogen-bond donors (Lipinski definition) is 2. The fourth-order valence-corrected chi connectivity index (χ4v) is 4.71. The molecule has 0 atom stereocenters. The monoisotopic (exact) mass is 529 g/mol. The molecule has 3 nitrogen and oxygen atoms in total. The summed E-state index contributed by atoms with van der Waals surface area (Å²) >= 11 is 6.37. The van der Waals surface area contributed by atoms with Crippen molar-refractivity contribution in [2.45, 2.75) is 6.42 Å². The quantitative estimate of drug-likeness (QED) is 0.458. The van der Waals surface area contributed by atoms with Crippen LogP contribution in [-0.2, 0) is 11.2 Å². The van der Waals surface area contributed by atoms with Gasteiger partial charge in [0.2, 0.25) is 0 Å². The van der Waals surface area contributed by atoms with Crippen LogP contribution in [0, 0.1) is 10.7 Å². The van der Waals surface area contributed by atoms with Gasteiger partial charge in [-0.15, -0.1) is 0 Å². The maximum Gasteiger partial charge on any atom is 0.307 e. The lowest BCUT2D eigenvalue weighted by Crippen LogP contribution is -2.07. The van der Waals surface area contributed by atoms with Crippen LogP contribution in [0.3, 0.4) is 0 Å². The molecule has 0 fully saturated rings. The molecule has 1 rings (SSSR count). The Labute approximate surface area is 122 Å². The molecule has 0 aliphatic carbocycles. The molecule has 0 spiro atoms. The largest absolute Gasteiger partial charge is 0.481 e. The molecule has 0 amide bonds. The molecule has 0 saturated carbocycles. The Morgan fingerprint density at radius 2 is 1.93 bits per heavy atom. The van der Waals surface area contributed by atoms with E-state index in [4.69, 9.17) is 10.8 Å². The summed E-state index contributed by atoms with van der Waals surface area (Å²) in [7, 11) is 0. The SMILES string of the molecule is Nc1c(I)cc(I)c(CC(=O)O)c1I. The van der Waals surface area contributed by atoms with Crippen LogP contribution in [0.4, 0.5) is 5.69 Å². The Morgan fingerprint density at radius 1 is 1.36 bits per heavy atom. The molecule has 1 aromatic carbocycles. The van der Waals surface area contributed by atoms with Gasteiger partial charge in [0.05, 0.1) is 12.1 Å². The molecule has 14 heavy (non-hydrogen) atoms. The first kappa shape index (κ1) is 12.7. The molecule has 0 aliphatic rings. The Balaban J connectivity index is 3.29. The fraction of sp³-hybridized carbons (Fsp3) is 0.125. The second-order valence-corrected chi connectivity index (χ2v) is 6.02. The summed E-state index contributed by atoms with van der Waals surface area (Å²) in [5, 5.41) is 8.73. The molecular weight excluding hydrogens is 523 g/mol. The molecule has 0 unspecified atom stereocenters. The van der Waals surface area contributed by atoms with Crippen molar-refractivity contribution in [3.63, 3.8) is 0 Å². The van der Waals surface area contributed by atoms with Gasteiger partial charge in [-0.05, 0) is 79.4 Å². The van der Waals surface area contributed by atoms with E-state index in [2.05, 4.69) is 67.8 Å². The summed E-state index contributed by atoms with van der Waals surface area (Å²) in [4.78, 5) is 10.6. The molecule has 0 radical (unpaired) electrons. The molecule has 6 heteroatoms. The third-order valence-electron chi connectivity index (χ3n) is 1.63. The topological polar surface area (TPSA) is 63.3 Å². The number of hydrogen-bond acceptors (Lipinski definition) is 2. The predicted molar refractivity (Wildman–Crippen MR) is 80.3 cm³/mol. The van der Waals surface area contributed by atoms with E-state index < -0.39 is 5.97 Å². The minimum Gasteiger partial charge on any atom is -0.481 e. The van der Waals surface area contributed by atoms with Gasteiger partial charge in [-0.1, -0.05) is 0 Å². The molecule has 3 N–H and O–H groups in total. The van der Waals surface area contributed by atoms with Crippen molar-refractivity contribution in [3.05, 3.63) is 22.3 Å². The molecule has 1 aromatic rings. The maximum absolute atomic E-state index is 10.6. The van der Waals surface area contributed by atoms with Crippen molar-refractivity contribution in [1.29, 1.82) is 0 Å². The zero-order chi connectivity index (χ0) is 10.9. The number of anilines is 1. The first-order valence-electron chi connectivity index (χ1n) is 3.57. The van der Waals surface area contributed by atoms with Crippen molar-refractivity contribution >= 4 is 79.4 Å². The first-order valence-corrected chi connectivity index (χ1v) is 6.80. The Kier molecular flexibility index (Phi) is 4.68. The normalized spacial score (nSPS) is 10.2. The number of halogens is 3. The van der Waals surface area contributed by atoms with Gasteiger partial charge in [0.25, 0.3) is 0 Å². The van der Waals surface area contributed by atoms with E-state index in [9.17, 15) is 4.79 Å². The number of nitrogen functional groups attached to an aromatic ring is 1. The number of carbonyl (C=O) groups is 1. The van der Waals surface area contributed by atoms with Gasteiger partial charge in [-0.3, -0.25) is 4.79 Å². The van der Waals surface area contributed by atoms with E-state index in [0.717, 1.165) is 16.3 Å². The van der Waals surface area contributed by atoms with Crippen molar-refractivity contribution < 1.29 is 9.90 Å². The first-order chi connectivity index (χ1) is 6.43. The average molecular weight is 529 g/mol. The third kappa shape index (κ3) is 2.84. The van der Waals surface area contributed by atoms with Crippen LogP contribution in [0.1, 0.15) is 5.56 Å². The van der Waals surface area contributed by atoms with Crippen LogP contribution in [0.15, 0.2) is 6.07 Å². The van der Waals surface area contributed by atoms with Gasteiger partial charge in [0.1, 0.15) is 0 Å². The molecular formula is C8H6I3NO2. The predicted octanol–water partition coefficient (Wildman–Crippen LogP) is 2.71. The van der Waals surface area contributed by atoms with Crippen molar-refractivity contribution in [2.24, 2.45) is 0 Å². The summed E-state index contributed by atoms with van der Waals surface area (Å²) in [5.74, 6) is -0.832. The van der Waals surface area contributed by atoms with Crippen LogP contribution in [0.25, 0.3) is 0 Å². The van der Waals surface area contributed by atoms with E-state index >= 15 is 0 Å². The summed E-state index contributed by atoms with van der Waals surface area (Å²) in [6.07, 6.45) is 0.0255. The van der Waals surface area contributed by atoms with Crippen LogP contribution >= 0.6 is 67.8 Å². The minimum atomic E-state index is -0.832. The standard InChI is InChI=1S/C8H6I3NO2/c9-4-2-5(10)8(12)7(11)3(4)1-6(13)14/h2H,1,12H2,(H,13,14). The van der Waals surface area contributed by atoms with Gasteiger partial charge in [-0.2, -0.15) is 0 Å². The van der Waals surface area contributed by atoms with E-state index in [-0.39, 0.29) is 6.42 Å². The maximum atomic E-state index is 10.6. The van der Waals surface area contributed by atoms with Gasteiger partial charge in [0, 0.05) is 10.7 Å². The van der Waals surface area contributed by atoms with E-state index in [0.29, 0.717) is 5.69 Å². The second kappa shape index (κ2) is 5.14. The van der Waals surface area contributed by atoms with Crippen LogP contribution in [0.2, 0.25) is 0 Å². The Hall–Kier alpha value is 0.680. The molecule has 0 aliphatic heterocycles. The molecule has 0 bridgehead atoms. The van der Waals surface area contributed by atoms with Gasteiger partial charge in [0.15, 0.2) is 0 Å². The number of rotatable bonds is 2. The van der Waals surface area contributed by atoms with E-state index in [1.165, 1.54) is 0 Å². The number of nitrogens with two attached hydrogens (primary N) is 1. The van der Waals surface area contributed by atoms with Crippen molar-refractivity contribution in [1.82, 2.24) is 0 Å². The number of carboxylic acid groups (broad SMARTS) is 1. The highest BCUT2D eigenvalue weighted by atomic mass is 127. The van der Waals surface area contributed by atoms with E-state index in [1.807, 2.05) is 6.07 Å². The molecule has 0 saturated heterocycles. The summed E-state index contributed by atoms with van der Waals surface area (Å²) in [6.45, 7) is 0. The second-order valence-electron chi connectivity index (χ2n) is 2.62. The Bertz CT molecular complexity index is 393. The van der Waals surface area contributed by atoms with Gasteiger partial charge < -0.3 is 10.8 Å². The van der Waals surface area contributed by atoms with Crippen LogP contribution in [0.5, 0.6) is 0 Å². The lowest BCUT2D eigenvalue weighted by Gasteiger charge is -2.09. The average Bonchev–Trinajstić information content (AvgIpc) is 2.09. The third-order valence-corrected chi connectivity index (χ3v) is 4.72. The van der Waals surface area contributed by atoms with Gasteiger partial charge in [-0.25, -0.2) is 0 Å². The fourth-order valence-electron chi connectivity index (χ4n) is 0.962. The van der Waals surface area contributed by atoms with Crippen LogP contribution in [-0.4, -0.2) is 11.1 Å². The molecule has 0 heterocycles. The Morgan fingerprint density at radius 3 is 2.43 bits per heavy atom. The number of benzene rings is 1. The minimum absolute atomic E-state index is 0.0255. The lowest BCUT2D eigenvalue weighted by atomic mass is 10.1. The van der Waals surface area contributed by atoms with E-state index in [1.54, 1.807) is 0 Å². The molecule has 0 aromatic heterocycles. The smallest absolute Gasteiger partial charge is 0.307 e. The summed E-state index contributed by atoms with van der Waals surface area (Å²) in [5.41, 5.74) is 7.29. The zero-order valence-corrected chi connectivity index (χ0v) is 13.3. The highest BCUT2D eigenvalue weighted by Crippen LogP contribution is 2.29. The molecule has 76 valence electrons. The van der Waals surface area contributed by atoms with Crippen molar-refractivity contribution in [2.75, 3.05) is 5.73 Å². The highest BCUT2D eigenvalue weighted by molar-refractivity contribution is 14.1.